The predicted molar refractivity (Wildman–Crippen MR) is 70.9 cm³/mol. The molecule has 1 heterocycles. The van der Waals surface area contributed by atoms with Crippen molar-refractivity contribution >= 4 is 5.91 Å². The minimum atomic E-state index is 0.165. The third kappa shape index (κ3) is 4.64. The number of carbonyl (C=O) groups is 1. The summed E-state index contributed by atoms with van der Waals surface area (Å²) in [7, 11) is 4.14. The molecule has 1 rings (SSSR count). The molecule has 1 unspecified atom stereocenters. The first kappa shape index (κ1) is 14.5. The van der Waals surface area contributed by atoms with Crippen LogP contribution in [-0.4, -0.2) is 50.6 Å². The van der Waals surface area contributed by atoms with Gasteiger partial charge in [-0.15, -0.1) is 0 Å². The predicted octanol–water partition coefficient (Wildman–Crippen LogP) is 0.688. The average Bonchev–Trinajstić information content (AvgIpc) is 2.29. The van der Waals surface area contributed by atoms with Crippen molar-refractivity contribution in [3.8, 4) is 0 Å². The fourth-order valence-corrected chi connectivity index (χ4v) is 2.44. The molecule has 0 aliphatic carbocycles. The Balaban J connectivity index is 2.35. The summed E-state index contributed by atoms with van der Waals surface area (Å²) in [6, 6.07) is 0.412. The fraction of sp³-hybridized carbons (Fsp3) is 0.923. The number of rotatable bonds is 5. The molecule has 0 aromatic rings. The molecule has 0 saturated carbocycles. The van der Waals surface area contributed by atoms with E-state index in [9.17, 15) is 4.79 Å². The van der Waals surface area contributed by atoms with Crippen LogP contribution in [0.3, 0.4) is 0 Å². The first-order chi connectivity index (χ1) is 8.02. The minimum Gasteiger partial charge on any atom is -0.354 e. The molecule has 2 atom stereocenters. The Morgan fingerprint density at radius 2 is 2.18 bits per heavy atom. The van der Waals surface area contributed by atoms with Gasteiger partial charge in [-0.25, -0.2) is 0 Å². The van der Waals surface area contributed by atoms with Crippen LogP contribution in [0.1, 0.15) is 26.7 Å². The second kappa shape index (κ2) is 6.97. The van der Waals surface area contributed by atoms with E-state index < -0.39 is 0 Å². The lowest BCUT2D eigenvalue weighted by Gasteiger charge is -2.29. The zero-order valence-electron chi connectivity index (χ0n) is 11.6. The lowest BCUT2D eigenvalue weighted by atomic mass is 9.98. The summed E-state index contributed by atoms with van der Waals surface area (Å²) in [4.78, 5) is 14.2. The van der Waals surface area contributed by atoms with E-state index in [0.717, 1.165) is 32.5 Å². The standard InChI is InChI=1S/C13H27N3O/c1-10(2)12(16(3)4)9-15-13(17)11-6-5-7-14-8-11/h10-12,14H,5-9H2,1-4H3,(H,15,17)/t11-,12?/m1/s1. The lowest BCUT2D eigenvalue weighted by molar-refractivity contribution is -0.125. The number of hydrogen-bond acceptors (Lipinski definition) is 3. The molecule has 100 valence electrons. The molecule has 4 nitrogen and oxygen atoms in total. The van der Waals surface area contributed by atoms with Crippen molar-refractivity contribution in [3.63, 3.8) is 0 Å². The second-order valence-electron chi connectivity index (χ2n) is 5.56. The van der Waals surface area contributed by atoms with Gasteiger partial charge in [-0.3, -0.25) is 4.79 Å². The maximum Gasteiger partial charge on any atom is 0.224 e. The topological polar surface area (TPSA) is 44.4 Å². The van der Waals surface area contributed by atoms with Crippen LogP contribution in [0, 0.1) is 11.8 Å². The van der Waals surface area contributed by atoms with E-state index in [0.29, 0.717) is 12.0 Å². The number of hydrogen-bond donors (Lipinski definition) is 2. The van der Waals surface area contributed by atoms with Crippen LogP contribution in [0.25, 0.3) is 0 Å². The van der Waals surface area contributed by atoms with Crippen LogP contribution in [-0.2, 0) is 4.79 Å². The molecule has 1 saturated heterocycles. The maximum absolute atomic E-state index is 12.0. The molecule has 0 spiro atoms. The van der Waals surface area contributed by atoms with Gasteiger partial charge in [0.2, 0.25) is 5.91 Å². The molecule has 1 aliphatic rings. The highest BCUT2D eigenvalue weighted by Gasteiger charge is 2.22. The van der Waals surface area contributed by atoms with E-state index >= 15 is 0 Å². The summed E-state index contributed by atoms with van der Waals surface area (Å²) in [6.45, 7) is 7.02. The first-order valence-electron chi connectivity index (χ1n) is 6.67. The van der Waals surface area contributed by atoms with Gasteiger partial charge in [-0.2, -0.15) is 0 Å². The molecule has 0 aromatic heterocycles. The quantitative estimate of drug-likeness (QED) is 0.744. The van der Waals surface area contributed by atoms with Crippen LogP contribution in [0.15, 0.2) is 0 Å². The Kier molecular flexibility index (Phi) is 5.92. The van der Waals surface area contributed by atoms with Crippen molar-refractivity contribution in [2.75, 3.05) is 33.7 Å². The van der Waals surface area contributed by atoms with Gasteiger partial charge in [-0.1, -0.05) is 13.8 Å². The summed E-state index contributed by atoms with van der Waals surface area (Å²) in [6.07, 6.45) is 2.13. The minimum absolute atomic E-state index is 0.165. The fourth-order valence-electron chi connectivity index (χ4n) is 2.44. The van der Waals surface area contributed by atoms with Crippen molar-refractivity contribution < 1.29 is 4.79 Å². The number of carbonyl (C=O) groups excluding carboxylic acids is 1. The van der Waals surface area contributed by atoms with Crippen LogP contribution in [0.2, 0.25) is 0 Å². The Hall–Kier alpha value is -0.610. The molecule has 4 heteroatoms. The second-order valence-corrected chi connectivity index (χ2v) is 5.56. The van der Waals surface area contributed by atoms with E-state index in [2.05, 4.69) is 43.5 Å². The normalized spacial score (nSPS) is 22.8. The Morgan fingerprint density at radius 3 is 2.65 bits per heavy atom. The van der Waals surface area contributed by atoms with Gasteiger partial charge in [0.15, 0.2) is 0 Å². The van der Waals surface area contributed by atoms with E-state index in [1.807, 2.05) is 0 Å². The average molecular weight is 241 g/mol. The number of likely N-dealkylation sites (N-methyl/N-ethyl adjacent to an activating group) is 1. The maximum atomic E-state index is 12.0. The molecule has 17 heavy (non-hydrogen) atoms. The molecular weight excluding hydrogens is 214 g/mol. The summed E-state index contributed by atoms with van der Waals surface area (Å²) >= 11 is 0. The molecule has 1 aliphatic heterocycles. The van der Waals surface area contributed by atoms with E-state index in [1.54, 1.807) is 0 Å². The molecule has 0 bridgehead atoms. The van der Waals surface area contributed by atoms with Crippen LogP contribution in [0.4, 0.5) is 0 Å². The highest BCUT2D eigenvalue weighted by Crippen LogP contribution is 2.11. The molecule has 0 radical (unpaired) electrons. The molecule has 1 amide bonds. The van der Waals surface area contributed by atoms with E-state index in [-0.39, 0.29) is 11.8 Å². The van der Waals surface area contributed by atoms with Gasteiger partial charge in [0, 0.05) is 19.1 Å². The van der Waals surface area contributed by atoms with Crippen LogP contribution in [0.5, 0.6) is 0 Å². The van der Waals surface area contributed by atoms with E-state index in [4.69, 9.17) is 0 Å². The molecule has 0 aromatic carbocycles. The van der Waals surface area contributed by atoms with Crippen molar-refractivity contribution in [2.24, 2.45) is 11.8 Å². The number of nitrogens with zero attached hydrogens (tertiary/aromatic N) is 1. The van der Waals surface area contributed by atoms with Crippen molar-refractivity contribution in [2.45, 2.75) is 32.7 Å². The van der Waals surface area contributed by atoms with Gasteiger partial charge in [0.25, 0.3) is 0 Å². The highest BCUT2D eigenvalue weighted by atomic mass is 16.1. The molecule has 2 N–H and O–H groups in total. The summed E-state index contributed by atoms with van der Waals surface area (Å²) in [5.74, 6) is 0.929. The summed E-state index contributed by atoms with van der Waals surface area (Å²) in [5.41, 5.74) is 0. The lowest BCUT2D eigenvalue weighted by Crippen LogP contribution is -2.47. The van der Waals surface area contributed by atoms with Crippen molar-refractivity contribution in [3.05, 3.63) is 0 Å². The third-order valence-electron chi connectivity index (χ3n) is 3.59. The van der Waals surface area contributed by atoms with Gasteiger partial charge >= 0.3 is 0 Å². The van der Waals surface area contributed by atoms with Crippen molar-refractivity contribution in [1.29, 1.82) is 0 Å². The van der Waals surface area contributed by atoms with Gasteiger partial charge in [0.1, 0.15) is 0 Å². The number of amides is 1. The van der Waals surface area contributed by atoms with Crippen LogP contribution >= 0.6 is 0 Å². The third-order valence-corrected chi connectivity index (χ3v) is 3.59. The van der Waals surface area contributed by atoms with Gasteiger partial charge in [0.05, 0.1) is 5.92 Å². The Morgan fingerprint density at radius 1 is 1.47 bits per heavy atom. The summed E-state index contributed by atoms with van der Waals surface area (Å²) < 4.78 is 0. The zero-order valence-corrected chi connectivity index (χ0v) is 11.6. The molecular formula is C13H27N3O. The number of piperidine rings is 1. The highest BCUT2D eigenvalue weighted by molar-refractivity contribution is 5.79. The van der Waals surface area contributed by atoms with Gasteiger partial charge < -0.3 is 15.5 Å². The monoisotopic (exact) mass is 241 g/mol. The Labute approximate surface area is 105 Å². The SMILES string of the molecule is CC(C)C(CNC(=O)[C@@H]1CCCNC1)N(C)C. The molecule has 1 fully saturated rings. The van der Waals surface area contributed by atoms with E-state index in [1.165, 1.54) is 0 Å². The van der Waals surface area contributed by atoms with Crippen LogP contribution < -0.4 is 10.6 Å². The Bertz CT molecular complexity index is 227. The zero-order chi connectivity index (χ0) is 12.8. The number of nitrogens with one attached hydrogen (secondary N) is 2. The van der Waals surface area contributed by atoms with Gasteiger partial charge in [-0.05, 0) is 39.4 Å². The first-order valence-corrected chi connectivity index (χ1v) is 6.67. The smallest absolute Gasteiger partial charge is 0.224 e. The van der Waals surface area contributed by atoms with Crippen molar-refractivity contribution in [1.82, 2.24) is 15.5 Å². The summed E-state index contributed by atoms with van der Waals surface area (Å²) in [5, 5.41) is 6.37. The largest absolute Gasteiger partial charge is 0.354 e.